The van der Waals surface area contributed by atoms with Crippen LogP contribution < -0.4 is 0 Å². The molecule has 5 aliphatic rings. The van der Waals surface area contributed by atoms with Crippen molar-refractivity contribution < 1.29 is 14.6 Å². The Labute approximate surface area is 170 Å². The smallest absolute Gasteiger partial charge is 0.163 e. The SMILES string of the molecule is CC#CC1=CCC2C3C(CC[C@]12C)[C@@]1(C)CC[C@@H](O)CC1[C@H]1OC(C)(C)O[C@H]31. The van der Waals surface area contributed by atoms with Gasteiger partial charge in [-0.1, -0.05) is 25.8 Å². The van der Waals surface area contributed by atoms with Gasteiger partial charge in [0, 0.05) is 11.0 Å². The van der Waals surface area contributed by atoms with Gasteiger partial charge < -0.3 is 14.6 Å². The van der Waals surface area contributed by atoms with Crippen molar-refractivity contribution in [2.75, 3.05) is 0 Å². The van der Waals surface area contributed by atoms with Crippen LogP contribution >= 0.6 is 0 Å². The molecular formula is C25H36O3. The number of fused-ring (bicyclic) bond motifs is 8. The quantitative estimate of drug-likeness (QED) is 0.616. The largest absolute Gasteiger partial charge is 0.393 e. The van der Waals surface area contributed by atoms with E-state index in [1.54, 1.807) is 0 Å². The Morgan fingerprint density at radius 1 is 1.00 bits per heavy atom. The van der Waals surface area contributed by atoms with E-state index in [1.165, 1.54) is 18.4 Å². The normalized spacial score (nSPS) is 53.8. The molecule has 0 amide bonds. The molecule has 0 radical (unpaired) electrons. The molecule has 3 saturated carbocycles. The summed E-state index contributed by atoms with van der Waals surface area (Å²) in [6, 6.07) is 0. The van der Waals surface area contributed by atoms with Gasteiger partial charge in [-0.25, -0.2) is 0 Å². The van der Waals surface area contributed by atoms with Gasteiger partial charge in [0.05, 0.1) is 18.3 Å². The molecule has 154 valence electrons. The standard InChI is InChI=1S/C25H36O3/c1-6-7-15-8-9-17-20-18(11-13-24(15,17)4)25(5)12-10-16(26)14-19(25)21-22(20)28-23(2,3)27-21/h8,16-22,26H,9-14H2,1-5H3/t16-,17?,18?,19?,20?,21-,22-,24-,25-/m1/s1. The van der Waals surface area contributed by atoms with E-state index < -0.39 is 5.79 Å². The lowest BCUT2D eigenvalue weighted by Gasteiger charge is -2.63. The summed E-state index contributed by atoms with van der Waals surface area (Å²) < 4.78 is 13.2. The zero-order chi connectivity index (χ0) is 19.9. The molecule has 4 aliphatic carbocycles. The summed E-state index contributed by atoms with van der Waals surface area (Å²) in [7, 11) is 0. The summed E-state index contributed by atoms with van der Waals surface area (Å²) in [5.41, 5.74) is 1.79. The summed E-state index contributed by atoms with van der Waals surface area (Å²) in [5, 5.41) is 10.5. The highest BCUT2D eigenvalue weighted by atomic mass is 16.8. The van der Waals surface area contributed by atoms with Crippen LogP contribution in [0.4, 0.5) is 0 Å². The molecule has 28 heavy (non-hydrogen) atoms. The Bertz CT molecular complexity index is 757. The van der Waals surface area contributed by atoms with Crippen molar-refractivity contribution in [1.82, 2.24) is 0 Å². The second-order valence-corrected chi connectivity index (χ2v) is 11.1. The van der Waals surface area contributed by atoms with Crippen molar-refractivity contribution in [2.45, 2.75) is 97.2 Å². The zero-order valence-corrected chi connectivity index (χ0v) is 18.1. The first-order valence-corrected chi connectivity index (χ1v) is 11.4. The van der Waals surface area contributed by atoms with Crippen LogP contribution in [0.2, 0.25) is 0 Å². The maximum atomic E-state index is 10.5. The summed E-state index contributed by atoms with van der Waals surface area (Å²) in [6.07, 6.45) is 9.01. The summed E-state index contributed by atoms with van der Waals surface area (Å²) in [5.74, 6) is 8.23. The van der Waals surface area contributed by atoms with Crippen molar-refractivity contribution in [3.8, 4) is 11.8 Å². The highest BCUT2D eigenvalue weighted by Gasteiger charge is 2.67. The van der Waals surface area contributed by atoms with Crippen molar-refractivity contribution in [2.24, 2.45) is 34.5 Å². The fraction of sp³-hybridized carbons (Fsp3) is 0.840. The van der Waals surface area contributed by atoms with E-state index in [0.29, 0.717) is 23.7 Å². The van der Waals surface area contributed by atoms with Gasteiger partial charge in [-0.05, 0) is 88.4 Å². The molecular weight excluding hydrogens is 348 g/mol. The average Bonchev–Trinajstić information content (AvgIpc) is 3.13. The minimum atomic E-state index is -0.528. The number of hydrogen-bond donors (Lipinski definition) is 1. The molecule has 1 saturated heterocycles. The first-order valence-electron chi connectivity index (χ1n) is 11.4. The number of ether oxygens (including phenoxy) is 2. The molecule has 1 N–H and O–H groups in total. The molecule has 0 aromatic rings. The maximum Gasteiger partial charge on any atom is 0.163 e. The molecule has 0 bridgehead atoms. The molecule has 4 unspecified atom stereocenters. The molecule has 0 aromatic heterocycles. The third-order valence-electron chi connectivity index (χ3n) is 9.35. The highest BCUT2D eigenvalue weighted by Crippen LogP contribution is 2.68. The zero-order valence-electron chi connectivity index (χ0n) is 18.1. The second kappa shape index (κ2) is 6.10. The first kappa shape index (κ1) is 19.2. The van der Waals surface area contributed by atoms with E-state index >= 15 is 0 Å². The van der Waals surface area contributed by atoms with Crippen molar-refractivity contribution in [3.63, 3.8) is 0 Å². The van der Waals surface area contributed by atoms with Gasteiger partial charge in [-0.2, -0.15) is 0 Å². The number of aliphatic hydroxyl groups excluding tert-OH is 1. The van der Waals surface area contributed by atoms with Gasteiger partial charge in [0.25, 0.3) is 0 Å². The maximum absolute atomic E-state index is 10.5. The van der Waals surface area contributed by atoms with Crippen molar-refractivity contribution in [1.29, 1.82) is 0 Å². The van der Waals surface area contributed by atoms with Crippen LogP contribution in [0, 0.1) is 46.3 Å². The first-order chi connectivity index (χ1) is 13.2. The van der Waals surface area contributed by atoms with Gasteiger partial charge in [0.15, 0.2) is 5.79 Å². The molecule has 3 heteroatoms. The molecule has 0 spiro atoms. The number of hydrogen-bond acceptors (Lipinski definition) is 3. The number of aliphatic hydroxyl groups is 1. The van der Waals surface area contributed by atoms with Gasteiger partial charge in [0.1, 0.15) is 0 Å². The van der Waals surface area contributed by atoms with E-state index in [0.717, 1.165) is 25.7 Å². The van der Waals surface area contributed by atoms with Crippen LogP contribution in [0.25, 0.3) is 0 Å². The van der Waals surface area contributed by atoms with E-state index in [2.05, 4.69) is 45.6 Å². The molecule has 0 aromatic carbocycles. The van der Waals surface area contributed by atoms with Crippen LogP contribution in [0.1, 0.15) is 73.1 Å². The van der Waals surface area contributed by atoms with E-state index in [4.69, 9.17) is 9.47 Å². The minimum Gasteiger partial charge on any atom is -0.393 e. The molecule has 9 atom stereocenters. The third-order valence-corrected chi connectivity index (χ3v) is 9.35. The average molecular weight is 385 g/mol. The van der Waals surface area contributed by atoms with E-state index in [9.17, 15) is 5.11 Å². The lowest BCUT2D eigenvalue weighted by atomic mass is 9.43. The van der Waals surface area contributed by atoms with Crippen LogP contribution in [0.5, 0.6) is 0 Å². The van der Waals surface area contributed by atoms with Crippen molar-refractivity contribution in [3.05, 3.63) is 11.6 Å². The molecule has 5 rings (SSSR count). The van der Waals surface area contributed by atoms with Crippen LogP contribution in [-0.2, 0) is 9.47 Å². The van der Waals surface area contributed by atoms with Gasteiger partial charge in [-0.3, -0.25) is 0 Å². The lowest BCUT2D eigenvalue weighted by Crippen LogP contribution is -2.63. The monoisotopic (exact) mass is 384 g/mol. The fourth-order valence-electron chi connectivity index (χ4n) is 8.06. The van der Waals surface area contributed by atoms with E-state index in [1.807, 2.05) is 6.92 Å². The summed E-state index contributed by atoms with van der Waals surface area (Å²) in [4.78, 5) is 0. The second-order valence-electron chi connectivity index (χ2n) is 11.1. The molecule has 3 nitrogen and oxygen atoms in total. The Morgan fingerprint density at radius 3 is 2.50 bits per heavy atom. The van der Waals surface area contributed by atoms with Crippen molar-refractivity contribution >= 4 is 0 Å². The molecule has 4 fully saturated rings. The van der Waals surface area contributed by atoms with Crippen LogP contribution in [0.3, 0.4) is 0 Å². The summed E-state index contributed by atoms with van der Waals surface area (Å²) >= 11 is 0. The number of rotatable bonds is 0. The third kappa shape index (κ3) is 2.47. The highest BCUT2D eigenvalue weighted by molar-refractivity contribution is 5.40. The Balaban J connectivity index is 1.57. The van der Waals surface area contributed by atoms with Gasteiger partial charge in [0.2, 0.25) is 0 Å². The summed E-state index contributed by atoms with van der Waals surface area (Å²) in [6.45, 7) is 11.0. The number of allylic oxidation sites excluding steroid dienone is 2. The Morgan fingerprint density at radius 2 is 1.75 bits per heavy atom. The fourth-order valence-corrected chi connectivity index (χ4v) is 8.06. The van der Waals surface area contributed by atoms with Crippen LogP contribution in [0.15, 0.2) is 11.6 Å². The predicted molar refractivity (Wildman–Crippen MR) is 109 cm³/mol. The topological polar surface area (TPSA) is 38.7 Å². The van der Waals surface area contributed by atoms with Crippen LogP contribution in [-0.4, -0.2) is 29.2 Å². The molecule has 1 heterocycles. The predicted octanol–water partition coefficient (Wildman–Crippen LogP) is 4.69. The van der Waals surface area contributed by atoms with E-state index in [-0.39, 0.29) is 29.1 Å². The Hall–Kier alpha value is -0.820. The van der Waals surface area contributed by atoms with Gasteiger partial charge >= 0.3 is 0 Å². The molecule has 1 aliphatic heterocycles. The Kier molecular flexibility index (Phi) is 4.17. The lowest BCUT2D eigenvalue weighted by molar-refractivity contribution is -0.183. The van der Waals surface area contributed by atoms with Gasteiger partial charge in [-0.15, -0.1) is 5.92 Å². The minimum absolute atomic E-state index is 0.111.